The number of aliphatic carboxylic acids is 1. The number of carboxylic acids is 1. The molecule has 0 aromatic heterocycles. The smallest absolute Gasteiger partial charge is 0.317 e. The number of allylic oxidation sites excluding steroid dienone is 2. The summed E-state index contributed by atoms with van der Waals surface area (Å²) in [5.41, 5.74) is -1.73. The summed E-state index contributed by atoms with van der Waals surface area (Å²) in [4.78, 5) is 23.1. The highest BCUT2D eigenvalue weighted by molar-refractivity contribution is 5.90. The normalized spacial score (nSPS) is 50.0. The molecule has 4 saturated heterocycles. The van der Waals surface area contributed by atoms with Crippen molar-refractivity contribution in [2.24, 2.45) is 45.3 Å². The second-order valence-electron chi connectivity index (χ2n) is 26.8. The maximum absolute atomic E-state index is 12.9. The van der Waals surface area contributed by atoms with Gasteiger partial charge in [0.25, 0.3) is 0 Å². The van der Waals surface area contributed by atoms with Gasteiger partial charge in [-0.1, -0.05) is 46.3 Å². The fourth-order valence-corrected chi connectivity index (χ4v) is 16.5. The van der Waals surface area contributed by atoms with E-state index in [1.807, 2.05) is 20.8 Å². The minimum absolute atomic E-state index is 0.00692. The molecule has 8 rings (SSSR count). The molecule has 0 unspecified atom stereocenters. The quantitative estimate of drug-likeness (QED) is 0.0333. The van der Waals surface area contributed by atoms with Crippen molar-refractivity contribution in [2.45, 2.75) is 267 Å². The number of hydrogen-bond donors (Lipinski definition) is 14. The van der Waals surface area contributed by atoms with Gasteiger partial charge in [0.05, 0.1) is 37.1 Å². The zero-order chi connectivity index (χ0) is 60.5. The van der Waals surface area contributed by atoms with Gasteiger partial charge in [0.15, 0.2) is 25.2 Å². The van der Waals surface area contributed by atoms with E-state index in [9.17, 15) is 76.0 Å². The third-order valence-electron chi connectivity index (χ3n) is 21.4. The molecule has 0 aromatic rings. The summed E-state index contributed by atoms with van der Waals surface area (Å²) in [5, 5.41) is 152. The summed E-state index contributed by atoms with van der Waals surface area (Å²) >= 11 is 0. The Bertz CT molecular complexity index is 2220. The summed E-state index contributed by atoms with van der Waals surface area (Å²) in [5.74, 6) is -3.19. The number of carbonyl (C=O) groups is 2. The first-order chi connectivity index (χ1) is 38.3. The molecular formula is C57H94O25. The summed E-state index contributed by atoms with van der Waals surface area (Å²) in [6.45, 7) is 16.6. The zero-order valence-electron chi connectivity index (χ0n) is 48.5. The Hall–Kier alpha value is -2.16. The Balaban J connectivity index is 0.998. The van der Waals surface area contributed by atoms with Crippen LogP contribution in [0.4, 0.5) is 0 Å². The van der Waals surface area contributed by atoms with E-state index in [0.29, 0.717) is 38.5 Å². The van der Waals surface area contributed by atoms with Crippen molar-refractivity contribution in [2.75, 3.05) is 19.8 Å². The highest BCUT2D eigenvalue weighted by Gasteiger charge is 2.72. The van der Waals surface area contributed by atoms with E-state index in [-0.39, 0.29) is 34.5 Å². The maximum Gasteiger partial charge on any atom is 0.317 e. The minimum atomic E-state index is -1.95. The number of esters is 1. The average molecular weight is 1180 g/mol. The fourth-order valence-electron chi connectivity index (χ4n) is 16.5. The molecule has 4 heterocycles. The number of hydrogen-bond acceptors (Lipinski definition) is 24. The monoisotopic (exact) mass is 1180 g/mol. The predicted octanol–water partition coefficient (Wildman–Crippen LogP) is -1.15. The molecule has 8 aliphatic rings. The predicted molar refractivity (Wildman–Crippen MR) is 281 cm³/mol. The Kier molecular flexibility index (Phi) is 20.2. The molecule has 0 aromatic carbocycles. The Morgan fingerprint density at radius 2 is 1.20 bits per heavy atom. The number of aliphatic hydroxyl groups excluding tert-OH is 13. The first kappa shape index (κ1) is 65.8. The molecule has 25 heteroatoms. The van der Waals surface area contributed by atoms with Crippen LogP contribution in [0.5, 0.6) is 0 Å². The number of ether oxygens (including phenoxy) is 9. The first-order valence-corrected chi connectivity index (χ1v) is 29.3. The molecular weight excluding hydrogens is 1080 g/mol. The van der Waals surface area contributed by atoms with E-state index in [0.717, 1.165) is 24.8 Å². The SMILES string of the molecule is CC(C)=CCC[C@](C)(O[C@@H]1O[C@H](CO[C@H]2O[C@H](C)[C@@H](O)[C@H](O)[C@@H]2O)[C@@H](O)[C@H](O)[C@@H]1O)[C@H]1CC[C@@]2(C)[C@@H]1[C@H](O)C[C@@H]1[C@]3(C)CC[C@@H](O[C@@H]4O[C@H](CO)[C@@H](O)[C@H](O)[C@@H]4O[C@@H]4O[C@@H](COC(=O)CC(=O)O)[C@@H](O)[C@@H](O)[C@H]4O)C(C)(C)[C@@H]3CC[C@]12C. The van der Waals surface area contributed by atoms with Crippen LogP contribution in [0.3, 0.4) is 0 Å². The van der Waals surface area contributed by atoms with E-state index in [4.69, 9.17) is 47.7 Å². The molecule has 30 atom stereocenters. The third-order valence-corrected chi connectivity index (χ3v) is 21.4. The van der Waals surface area contributed by atoms with Crippen LogP contribution in [0, 0.1) is 45.3 Å². The van der Waals surface area contributed by atoms with Crippen molar-refractivity contribution in [3.8, 4) is 0 Å². The molecule has 0 spiro atoms. The number of fused-ring (bicyclic) bond motifs is 5. The van der Waals surface area contributed by atoms with E-state index in [2.05, 4.69) is 40.7 Å². The lowest BCUT2D eigenvalue weighted by molar-refractivity contribution is -0.378. The molecule has 0 bridgehead atoms. The van der Waals surface area contributed by atoms with Gasteiger partial charge in [-0.2, -0.15) is 0 Å². The van der Waals surface area contributed by atoms with Crippen molar-refractivity contribution >= 4 is 11.9 Å². The van der Waals surface area contributed by atoms with E-state index >= 15 is 0 Å². The van der Waals surface area contributed by atoms with Gasteiger partial charge < -0.3 is 114 Å². The van der Waals surface area contributed by atoms with Crippen molar-refractivity contribution in [3.63, 3.8) is 0 Å². The highest BCUT2D eigenvalue weighted by atomic mass is 16.8. The lowest BCUT2D eigenvalue weighted by Crippen LogP contribution is -2.68. The molecule has 0 amide bonds. The van der Waals surface area contributed by atoms with Crippen LogP contribution in [0.15, 0.2) is 11.6 Å². The fraction of sp³-hybridized carbons (Fsp3) is 0.930. The van der Waals surface area contributed by atoms with Crippen molar-refractivity contribution in [1.82, 2.24) is 0 Å². The topological polar surface area (TPSA) is 400 Å². The average Bonchev–Trinajstić information content (AvgIpc) is 1.26. The van der Waals surface area contributed by atoms with Crippen LogP contribution in [0.1, 0.15) is 127 Å². The standard InChI is InChI=1S/C57H94O25/c1-24(2)11-10-15-57(9,82-51-47(73)43(69)40(66)30(79-51)23-75-49-45(71)41(67)37(63)25(3)76-49)26-12-17-56(8)36(26)27(59)19-32-54(6)16-14-33(53(4,5)31(54)13-18-55(32,56)7)80-52-48(44(70)38(64)28(21-58)77-52)81-50-46(72)42(68)39(65)29(78-50)22-74-35(62)20-34(60)61/h11,25-33,36-52,58-59,63-73H,10,12-23H2,1-9H3,(H,60,61)/t25-,26+,27-,28-,29+,30-,31+,32-,33-,36+,37-,38-,39-,40-,41+,42-,43+,44+,45+,46-,47+,48+,49+,50+,51+,52+,54-,55-,56+,57+/m1/s1. The number of aliphatic hydroxyl groups is 13. The van der Waals surface area contributed by atoms with Gasteiger partial charge in [0, 0.05) is 0 Å². The van der Waals surface area contributed by atoms with E-state index < -0.39 is 190 Å². The van der Waals surface area contributed by atoms with Crippen LogP contribution < -0.4 is 0 Å². The Labute approximate surface area is 478 Å². The minimum Gasteiger partial charge on any atom is -0.481 e. The third kappa shape index (κ3) is 12.1. The molecule has 0 radical (unpaired) electrons. The summed E-state index contributed by atoms with van der Waals surface area (Å²) < 4.78 is 54.3. The van der Waals surface area contributed by atoms with E-state index in [1.54, 1.807) is 0 Å². The van der Waals surface area contributed by atoms with Crippen LogP contribution in [0.25, 0.3) is 0 Å². The number of carbonyl (C=O) groups excluding carboxylic acids is 1. The van der Waals surface area contributed by atoms with Gasteiger partial charge in [0.2, 0.25) is 0 Å². The zero-order valence-corrected chi connectivity index (χ0v) is 48.5. The van der Waals surface area contributed by atoms with Crippen molar-refractivity contribution in [3.05, 3.63) is 11.6 Å². The van der Waals surface area contributed by atoms with Crippen LogP contribution >= 0.6 is 0 Å². The summed E-state index contributed by atoms with van der Waals surface area (Å²) in [6.07, 6.45) is -26.6. The highest BCUT2D eigenvalue weighted by Crippen LogP contribution is 2.76. The Morgan fingerprint density at radius 3 is 1.83 bits per heavy atom. The molecule has 4 aliphatic heterocycles. The molecule has 14 N–H and O–H groups in total. The second-order valence-corrected chi connectivity index (χ2v) is 26.8. The van der Waals surface area contributed by atoms with Crippen molar-refractivity contribution in [1.29, 1.82) is 0 Å². The van der Waals surface area contributed by atoms with Gasteiger partial charge in [-0.25, -0.2) is 0 Å². The van der Waals surface area contributed by atoms with Crippen LogP contribution in [0.2, 0.25) is 0 Å². The van der Waals surface area contributed by atoms with Gasteiger partial charge in [-0.3, -0.25) is 9.59 Å². The molecule has 4 aliphatic carbocycles. The maximum atomic E-state index is 12.9. The Morgan fingerprint density at radius 1 is 0.622 bits per heavy atom. The lowest BCUT2D eigenvalue weighted by Gasteiger charge is -2.71. The summed E-state index contributed by atoms with van der Waals surface area (Å²) in [6, 6.07) is 0. The molecule has 82 heavy (non-hydrogen) atoms. The van der Waals surface area contributed by atoms with Crippen molar-refractivity contribution < 1.29 is 124 Å². The van der Waals surface area contributed by atoms with Gasteiger partial charge in [0.1, 0.15) is 105 Å². The summed E-state index contributed by atoms with van der Waals surface area (Å²) in [7, 11) is 0. The largest absolute Gasteiger partial charge is 0.481 e. The van der Waals surface area contributed by atoms with E-state index in [1.165, 1.54) is 6.92 Å². The number of carboxylic acid groups (broad SMARTS) is 1. The first-order valence-electron chi connectivity index (χ1n) is 29.3. The van der Waals surface area contributed by atoms with Crippen LogP contribution in [-0.2, 0) is 52.2 Å². The molecule has 25 nitrogen and oxygen atoms in total. The second kappa shape index (κ2) is 25.1. The van der Waals surface area contributed by atoms with Gasteiger partial charge in [-0.15, -0.1) is 0 Å². The van der Waals surface area contributed by atoms with Gasteiger partial charge >= 0.3 is 11.9 Å². The molecule has 4 saturated carbocycles. The van der Waals surface area contributed by atoms with Crippen LogP contribution in [-0.4, -0.2) is 244 Å². The van der Waals surface area contributed by atoms with Gasteiger partial charge in [-0.05, 0) is 131 Å². The number of rotatable bonds is 18. The lowest BCUT2D eigenvalue weighted by atomic mass is 9.35. The molecule has 8 fully saturated rings. The molecule has 472 valence electrons.